The maximum absolute atomic E-state index is 14.1. The highest BCUT2D eigenvalue weighted by atomic mass is 19.1. The minimum absolute atomic E-state index is 0.0378. The number of carbonyl (C=O) groups is 2. The Labute approximate surface area is 141 Å². The Bertz CT molecular complexity index is 617. The smallest absolute Gasteiger partial charge is 0.256 e. The zero-order valence-corrected chi connectivity index (χ0v) is 14.4. The summed E-state index contributed by atoms with van der Waals surface area (Å²) in [6.07, 6.45) is 1.43. The molecule has 0 aliphatic carbocycles. The molecule has 0 spiro atoms. The third-order valence-corrected chi connectivity index (χ3v) is 4.30. The van der Waals surface area contributed by atoms with E-state index in [1.807, 2.05) is 0 Å². The normalized spacial score (nSPS) is 16.1. The van der Waals surface area contributed by atoms with E-state index in [1.165, 1.54) is 18.2 Å². The highest BCUT2D eigenvalue weighted by Gasteiger charge is 2.26. The minimum atomic E-state index is -0.599. The van der Waals surface area contributed by atoms with Crippen LogP contribution in [-0.4, -0.2) is 41.5 Å². The van der Waals surface area contributed by atoms with E-state index in [-0.39, 0.29) is 29.9 Å². The van der Waals surface area contributed by atoms with Crippen molar-refractivity contribution >= 4 is 17.5 Å². The molecule has 1 heterocycles. The van der Waals surface area contributed by atoms with Crippen LogP contribution in [0.15, 0.2) is 18.2 Å². The number of hydrogen-bond donors (Lipinski definition) is 2. The van der Waals surface area contributed by atoms with E-state index < -0.39 is 11.2 Å². The number of piperidine rings is 1. The highest BCUT2D eigenvalue weighted by Crippen LogP contribution is 2.23. The van der Waals surface area contributed by atoms with E-state index in [1.54, 1.807) is 25.7 Å². The summed E-state index contributed by atoms with van der Waals surface area (Å²) in [5, 5.41) is 11.9. The molecule has 1 fully saturated rings. The van der Waals surface area contributed by atoms with Crippen LogP contribution in [0.4, 0.5) is 10.1 Å². The molecule has 0 radical (unpaired) electrons. The first-order valence-corrected chi connectivity index (χ1v) is 8.23. The summed E-state index contributed by atoms with van der Waals surface area (Å²) in [6, 6.07) is 4.04. The number of likely N-dealkylation sites (tertiary alicyclic amines) is 1. The van der Waals surface area contributed by atoms with Gasteiger partial charge >= 0.3 is 0 Å². The van der Waals surface area contributed by atoms with Gasteiger partial charge in [-0.2, -0.15) is 0 Å². The average Bonchev–Trinajstić information content (AvgIpc) is 2.55. The van der Waals surface area contributed by atoms with Crippen LogP contribution in [-0.2, 0) is 4.79 Å². The van der Waals surface area contributed by atoms with Crippen LogP contribution < -0.4 is 5.32 Å². The minimum Gasteiger partial charge on any atom is -0.396 e. The summed E-state index contributed by atoms with van der Waals surface area (Å²) >= 11 is 0. The van der Waals surface area contributed by atoms with E-state index >= 15 is 0 Å². The SMILES string of the molecule is CC(C)(C)C(=O)Nc1ccc(F)c(C(=O)N2CCC(CO)CC2)c1. The van der Waals surface area contributed by atoms with Gasteiger partial charge in [0.1, 0.15) is 5.82 Å². The Morgan fingerprint density at radius 1 is 1.29 bits per heavy atom. The Hall–Kier alpha value is -1.95. The van der Waals surface area contributed by atoms with Gasteiger partial charge in [0.15, 0.2) is 0 Å². The van der Waals surface area contributed by atoms with Crippen molar-refractivity contribution < 1.29 is 19.1 Å². The average molecular weight is 336 g/mol. The molecular weight excluding hydrogens is 311 g/mol. The predicted molar refractivity (Wildman–Crippen MR) is 90.2 cm³/mol. The van der Waals surface area contributed by atoms with Gasteiger partial charge in [-0.15, -0.1) is 0 Å². The molecule has 0 atom stereocenters. The van der Waals surface area contributed by atoms with Gasteiger partial charge in [0.05, 0.1) is 5.56 Å². The number of rotatable bonds is 3. The molecule has 1 aliphatic rings. The van der Waals surface area contributed by atoms with Gasteiger partial charge in [0.25, 0.3) is 5.91 Å². The van der Waals surface area contributed by atoms with Crippen molar-refractivity contribution in [3.05, 3.63) is 29.6 Å². The zero-order valence-electron chi connectivity index (χ0n) is 14.4. The van der Waals surface area contributed by atoms with Crippen LogP contribution in [0.2, 0.25) is 0 Å². The maximum Gasteiger partial charge on any atom is 0.256 e. The lowest BCUT2D eigenvalue weighted by molar-refractivity contribution is -0.123. The lowest BCUT2D eigenvalue weighted by Crippen LogP contribution is -2.39. The highest BCUT2D eigenvalue weighted by molar-refractivity contribution is 5.98. The number of amides is 2. The second kappa shape index (κ2) is 7.30. The first kappa shape index (κ1) is 18.4. The third-order valence-electron chi connectivity index (χ3n) is 4.30. The molecule has 1 aromatic carbocycles. The number of aliphatic hydroxyl groups excluding tert-OH is 1. The Kier molecular flexibility index (Phi) is 5.59. The number of carbonyl (C=O) groups excluding carboxylic acids is 2. The van der Waals surface area contributed by atoms with Gasteiger partial charge in [-0.05, 0) is 37.0 Å². The number of nitrogens with zero attached hydrogens (tertiary/aromatic N) is 1. The fourth-order valence-corrected chi connectivity index (χ4v) is 2.57. The summed E-state index contributed by atoms with van der Waals surface area (Å²) in [5.74, 6) is -0.971. The standard InChI is InChI=1S/C18H25FN2O3/c1-18(2,3)17(24)20-13-4-5-15(19)14(10-13)16(23)21-8-6-12(11-22)7-9-21/h4-5,10,12,22H,6-9,11H2,1-3H3,(H,20,24). The van der Waals surface area contributed by atoms with E-state index in [0.29, 0.717) is 31.6 Å². The molecular formula is C18H25FN2O3. The summed E-state index contributed by atoms with van der Waals surface area (Å²) in [6.45, 7) is 6.46. The lowest BCUT2D eigenvalue weighted by Gasteiger charge is -2.31. The third kappa shape index (κ3) is 4.32. The first-order valence-electron chi connectivity index (χ1n) is 8.23. The van der Waals surface area contributed by atoms with Crippen molar-refractivity contribution in [2.24, 2.45) is 11.3 Å². The monoisotopic (exact) mass is 336 g/mol. The van der Waals surface area contributed by atoms with Gasteiger partial charge in [-0.3, -0.25) is 9.59 Å². The van der Waals surface area contributed by atoms with E-state index in [9.17, 15) is 14.0 Å². The first-order chi connectivity index (χ1) is 11.2. The van der Waals surface area contributed by atoms with Gasteiger partial charge < -0.3 is 15.3 Å². The van der Waals surface area contributed by atoms with Crippen molar-refractivity contribution in [3.8, 4) is 0 Å². The number of aliphatic hydroxyl groups is 1. The van der Waals surface area contributed by atoms with Crippen LogP contribution in [0.25, 0.3) is 0 Å². The number of halogens is 1. The van der Waals surface area contributed by atoms with Crippen LogP contribution in [0, 0.1) is 17.2 Å². The number of anilines is 1. The van der Waals surface area contributed by atoms with Crippen LogP contribution in [0.3, 0.4) is 0 Å². The topological polar surface area (TPSA) is 69.6 Å². The zero-order chi connectivity index (χ0) is 17.9. The second-order valence-electron chi connectivity index (χ2n) is 7.32. The maximum atomic E-state index is 14.1. The van der Waals surface area contributed by atoms with Crippen LogP contribution in [0.1, 0.15) is 44.0 Å². The summed E-state index contributed by atoms with van der Waals surface area (Å²) in [4.78, 5) is 26.2. The van der Waals surface area contributed by atoms with Crippen molar-refractivity contribution in [3.63, 3.8) is 0 Å². The molecule has 0 unspecified atom stereocenters. The summed E-state index contributed by atoms with van der Waals surface area (Å²) < 4.78 is 14.1. The molecule has 2 amide bonds. The Morgan fingerprint density at radius 2 is 1.92 bits per heavy atom. The largest absolute Gasteiger partial charge is 0.396 e. The van der Waals surface area contributed by atoms with Crippen molar-refractivity contribution in [1.82, 2.24) is 4.90 Å². The van der Waals surface area contributed by atoms with Crippen LogP contribution >= 0.6 is 0 Å². The van der Waals surface area contributed by atoms with Crippen molar-refractivity contribution in [2.45, 2.75) is 33.6 Å². The molecule has 2 rings (SSSR count). The molecule has 2 N–H and O–H groups in total. The molecule has 0 aromatic heterocycles. The summed E-state index contributed by atoms with van der Waals surface area (Å²) in [5.41, 5.74) is -0.209. The number of nitrogens with one attached hydrogen (secondary N) is 1. The van der Waals surface area contributed by atoms with E-state index in [0.717, 1.165) is 0 Å². The van der Waals surface area contributed by atoms with Gasteiger partial charge in [0, 0.05) is 30.8 Å². The molecule has 24 heavy (non-hydrogen) atoms. The molecule has 132 valence electrons. The molecule has 0 saturated carbocycles. The van der Waals surface area contributed by atoms with E-state index in [4.69, 9.17) is 5.11 Å². The molecule has 1 aliphatic heterocycles. The molecule has 1 saturated heterocycles. The lowest BCUT2D eigenvalue weighted by atomic mass is 9.95. The summed E-state index contributed by atoms with van der Waals surface area (Å²) in [7, 11) is 0. The van der Waals surface area contributed by atoms with E-state index in [2.05, 4.69) is 5.32 Å². The number of benzene rings is 1. The van der Waals surface area contributed by atoms with Gasteiger partial charge in [0.2, 0.25) is 5.91 Å². The van der Waals surface area contributed by atoms with Crippen molar-refractivity contribution in [1.29, 1.82) is 0 Å². The second-order valence-corrected chi connectivity index (χ2v) is 7.32. The van der Waals surface area contributed by atoms with Crippen molar-refractivity contribution in [2.75, 3.05) is 25.0 Å². The van der Waals surface area contributed by atoms with Gasteiger partial charge in [-0.1, -0.05) is 20.8 Å². The molecule has 5 nitrogen and oxygen atoms in total. The molecule has 1 aromatic rings. The number of hydrogen-bond acceptors (Lipinski definition) is 3. The molecule has 6 heteroatoms. The fourth-order valence-electron chi connectivity index (χ4n) is 2.57. The Morgan fingerprint density at radius 3 is 2.46 bits per heavy atom. The predicted octanol–water partition coefficient (Wildman–Crippen LogP) is 2.65. The molecule has 0 bridgehead atoms. The Balaban J connectivity index is 2.13. The van der Waals surface area contributed by atoms with Crippen LogP contribution in [0.5, 0.6) is 0 Å². The fraction of sp³-hybridized carbons (Fsp3) is 0.556. The van der Waals surface area contributed by atoms with Gasteiger partial charge in [-0.25, -0.2) is 4.39 Å². The quantitative estimate of drug-likeness (QED) is 0.891.